The number of likely N-dealkylation sites (tertiary alicyclic amines) is 1. The summed E-state index contributed by atoms with van der Waals surface area (Å²) in [5.74, 6) is 1.56. The highest BCUT2D eigenvalue weighted by atomic mass is 16.5. The van der Waals surface area contributed by atoms with Gasteiger partial charge >= 0.3 is 0 Å². The van der Waals surface area contributed by atoms with Gasteiger partial charge in [-0.1, -0.05) is 48.5 Å². The number of ether oxygens (including phenoxy) is 1. The van der Waals surface area contributed by atoms with E-state index in [4.69, 9.17) is 4.74 Å². The highest BCUT2D eigenvalue weighted by molar-refractivity contribution is 5.77. The van der Waals surface area contributed by atoms with Crippen molar-refractivity contribution < 1.29 is 9.53 Å². The number of hydrogen-bond acceptors (Lipinski definition) is 2. The van der Waals surface area contributed by atoms with E-state index in [0.717, 1.165) is 43.7 Å². The van der Waals surface area contributed by atoms with Crippen molar-refractivity contribution in [3.63, 3.8) is 0 Å². The molecule has 3 heteroatoms. The van der Waals surface area contributed by atoms with Crippen LogP contribution < -0.4 is 4.74 Å². The summed E-state index contributed by atoms with van der Waals surface area (Å²) in [7, 11) is 0. The van der Waals surface area contributed by atoms with Gasteiger partial charge in [0, 0.05) is 13.1 Å². The number of piperidine rings is 1. The maximum absolute atomic E-state index is 12.3. The van der Waals surface area contributed by atoms with Crippen molar-refractivity contribution >= 4 is 5.91 Å². The molecule has 1 saturated heterocycles. The first-order valence-corrected chi connectivity index (χ1v) is 8.72. The minimum Gasteiger partial charge on any atom is -0.484 e. The summed E-state index contributed by atoms with van der Waals surface area (Å²) in [5.41, 5.74) is 2.46. The normalized spacial score (nSPS) is 15.3. The van der Waals surface area contributed by atoms with Gasteiger partial charge in [0.1, 0.15) is 5.75 Å². The van der Waals surface area contributed by atoms with Crippen LogP contribution in [-0.4, -0.2) is 30.5 Å². The third-order valence-corrected chi connectivity index (χ3v) is 4.78. The van der Waals surface area contributed by atoms with E-state index in [2.05, 4.69) is 30.3 Å². The number of para-hydroxylation sites is 1. The van der Waals surface area contributed by atoms with Crippen LogP contribution in [0.4, 0.5) is 0 Å². The second kappa shape index (κ2) is 8.00. The Morgan fingerprint density at radius 1 is 1.04 bits per heavy atom. The van der Waals surface area contributed by atoms with Crippen molar-refractivity contribution in [3.8, 4) is 5.75 Å². The smallest absolute Gasteiger partial charge is 0.260 e. The van der Waals surface area contributed by atoms with Gasteiger partial charge < -0.3 is 9.64 Å². The van der Waals surface area contributed by atoms with E-state index in [1.165, 1.54) is 5.56 Å². The van der Waals surface area contributed by atoms with Crippen LogP contribution in [0.15, 0.2) is 54.6 Å². The first kappa shape index (κ1) is 16.6. The van der Waals surface area contributed by atoms with Crippen LogP contribution in [0.25, 0.3) is 0 Å². The van der Waals surface area contributed by atoms with Crippen molar-refractivity contribution in [1.29, 1.82) is 0 Å². The Balaban J connectivity index is 1.44. The van der Waals surface area contributed by atoms with Gasteiger partial charge in [-0.25, -0.2) is 0 Å². The molecule has 0 unspecified atom stereocenters. The quantitative estimate of drug-likeness (QED) is 0.836. The van der Waals surface area contributed by atoms with Crippen LogP contribution in [0.5, 0.6) is 5.75 Å². The topological polar surface area (TPSA) is 29.5 Å². The number of nitrogens with zero attached hydrogens (tertiary/aromatic N) is 1. The first-order chi connectivity index (χ1) is 11.7. The van der Waals surface area contributed by atoms with Crippen molar-refractivity contribution in [2.75, 3.05) is 19.7 Å². The van der Waals surface area contributed by atoms with Crippen LogP contribution in [0.1, 0.15) is 24.0 Å². The Labute approximate surface area is 144 Å². The molecule has 1 heterocycles. The fourth-order valence-corrected chi connectivity index (χ4v) is 3.28. The SMILES string of the molecule is Cc1ccccc1OCC(=O)N1CCC(Cc2ccccc2)CC1. The fourth-order valence-electron chi connectivity index (χ4n) is 3.28. The molecule has 3 rings (SSSR count). The zero-order valence-corrected chi connectivity index (χ0v) is 14.3. The minimum atomic E-state index is 0.0939. The van der Waals surface area contributed by atoms with Gasteiger partial charge in [0.25, 0.3) is 5.91 Å². The van der Waals surface area contributed by atoms with Gasteiger partial charge in [-0.2, -0.15) is 0 Å². The molecule has 2 aromatic rings. The zero-order valence-electron chi connectivity index (χ0n) is 14.3. The third kappa shape index (κ3) is 4.38. The number of amides is 1. The molecule has 1 amide bonds. The van der Waals surface area contributed by atoms with Gasteiger partial charge in [0.2, 0.25) is 0 Å². The van der Waals surface area contributed by atoms with E-state index in [-0.39, 0.29) is 12.5 Å². The summed E-state index contributed by atoms with van der Waals surface area (Å²) in [5, 5.41) is 0. The predicted molar refractivity (Wildman–Crippen MR) is 96.1 cm³/mol. The summed E-state index contributed by atoms with van der Waals surface area (Å²) in [6.45, 7) is 3.81. The molecule has 0 bridgehead atoms. The molecule has 2 aromatic carbocycles. The van der Waals surface area contributed by atoms with Crippen molar-refractivity contribution in [2.45, 2.75) is 26.2 Å². The molecule has 1 aliphatic rings. The van der Waals surface area contributed by atoms with Crippen LogP contribution in [-0.2, 0) is 11.2 Å². The van der Waals surface area contributed by atoms with Crippen LogP contribution in [0.3, 0.4) is 0 Å². The van der Waals surface area contributed by atoms with E-state index < -0.39 is 0 Å². The lowest BCUT2D eigenvalue weighted by Crippen LogP contribution is -2.41. The zero-order chi connectivity index (χ0) is 16.8. The number of carbonyl (C=O) groups excluding carboxylic acids is 1. The van der Waals surface area contributed by atoms with E-state index in [1.54, 1.807) is 0 Å². The molecule has 0 N–H and O–H groups in total. The summed E-state index contributed by atoms with van der Waals surface area (Å²) in [6, 6.07) is 18.4. The summed E-state index contributed by atoms with van der Waals surface area (Å²) >= 11 is 0. The molecule has 0 aliphatic carbocycles. The molecule has 1 fully saturated rings. The first-order valence-electron chi connectivity index (χ1n) is 8.72. The standard InChI is InChI=1S/C21H25NO2/c1-17-7-5-6-10-20(17)24-16-21(23)22-13-11-19(12-14-22)15-18-8-3-2-4-9-18/h2-10,19H,11-16H2,1H3. The Morgan fingerprint density at radius 2 is 1.71 bits per heavy atom. The van der Waals surface area contributed by atoms with Crippen LogP contribution >= 0.6 is 0 Å². The monoisotopic (exact) mass is 323 g/mol. The second-order valence-corrected chi connectivity index (χ2v) is 6.57. The molecule has 3 nitrogen and oxygen atoms in total. The fraction of sp³-hybridized carbons (Fsp3) is 0.381. The Hall–Kier alpha value is -2.29. The van der Waals surface area contributed by atoms with Crippen LogP contribution in [0, 0.1) is 12.8 Å². The molecule has 0 spiro atoms. The van der Waals surface area contributed by atoms with E-state index in [1.807, 2.05) is 36.1 Å². The molecule has 0 saturated carbocycles. The predicted octanol–water partition coefficient (Wildman–Crippen LogP) is 3.86. The Bertz CT molecular complexity index is 661. The third-order valence-electron chi connectivity index (χ3n) is 4.78. The lowest BCUT2D eigenvalue weighted by atomic mass is 9.90. The average Bonchev–Trinajstić information content (AvgIpc) is 2.62. The molecular weight excluding hydrogens is 298 g/mol. The summed E-state index contributed by atoms with van der Waals surface area (Å²) in [6.07, 6.45) is 3.26. The maximum Gasteiger partial charge on any atom is 0.260 e. The van der Waals surface area contributed by atoms with Gasteiger partial charge in [-0.3, -0.25) is 4.79 Å². The van der Waals surface area contributed by atoms with Gasteiger partial charge in [0.15, 0.2) is 6.61 Å². The largest absolute Gasteiger partial charge is 0.484 e. The van der Waals surface area contributed by atoms with Gasteiger partial charge in [0.05, 0.1) is 0 Å². The number of hydrogen-bond donors (Lipinski definition) is 0. The van der Waals surface area contributed by atoms with Crippen molar-refractivity contribution in [3.05, 3.63) is 65.7 Å². The number of benzene rings is 2. The Kier molecular flexibility index (Phi) is 5.52. The molecule has 24 heavy (non-hydrogen) atoms. The molecule has 0 atom stereocenters. The lowest BCUT2D eigenvalue weighted by molar-refractivity contribution is -0.134. The average molecular weight is 323 g/mol. The second-order valence-electron chi connectivity index (χ2n) is 6.57. The van der Waals surface area contributed by atoms with E-state index >= 15 is 0 Å². The number of rotatable bonds is 5. The van der Waals surface area contributed by atoms with E-state index in [9.17, 15) is 4.79 Å². The lowest BCUT2D eigenvalue weighted by Gasteiger charge is -2.32. The molecule has 0 aromatic heterocycles. The highest BCUT2D eigenvalue weighted by Gasteiger charge is 2.23. The van der Waals surface area contributed by atoms with Gasteiger partial charge in [-0.15, -0.1) is 0 Å². The molecular formula is C21H25NO2. The maximum atomic E-state index is 12.3. The van der Waals surface area contributed by atoms with E-state index in [0.29, 0.717) is 5.92 Å². The number of carbonyl (C=O) groups is 1. The highest BCUT2D eigenvalue weighted by Crippen LogP contribution is 2.22. The molecule has 0 radical (unpaired) electrons. The summed E-state index contributed by atoms with van der Waals surface area (Å²) in [4.78, 5) is 14.3. The molecule has 1 aliphatic heterocycles. The van der Waals surface area contributed by atoms with Crippen LogP contribution in [0.2, 0.25) is 0 Å². The summed E-state index contributed by atoms with van der Waals surface area (Å²) < 4.78 is 5.68. The Morgan fingerprint density at radius 3 is 2.42 bits per heavy atom. The van der Waals surface area contributed by atoms with Crippen molar-refractivity contribution in [2.24, 2.45) is 5.92 Å². The minimum absolute atomic E-state index is 0.0939. The van der Waals surface area contributed by atoms with Crippen molar-refractivity contribution in [1.82, 2.24) is 4.90 Å². The number of aryl methyl sites for hydroxylation is 1. The molecule has 126 valence electrons. The van der Waals surface area contributed by atoms with Gasteiger partial charge in [-0.05, 0) is 49.3 Å².